The fourth-order valence-corrected chi connectivity index (χ4v) is 1.30. The Balaban J connectivity index is 2.77. The minimum atomic E-state index is 0.234. The summed E-state index contributed by atoms with van der Waals surface area (Å²) in [5, 5.41) is 0.234. The monoisotopic (exact) mass is 214 g/mol. The SMILES string of the molecule is CCCCN(C)c1nc(Cl)ncc1N. The molecule has 0 saturated heterocycles. The van der Waals surface area contributed by atoms with Gasteiger partial charge in [0.15, 0.2) is 5.82 Å². The molecule has 0 fully saturated rings. The average molecular weight is 215 g/mol. The highest BCUT2D eigenvalue weighted by Crippen LogP contribution is 2.19. The molecular weight excluding hydrogens is 200 g/mol. The number of nitrogen functional groups attached to an aromatic ring is 1. The second-order valence-electron chi connectivity index (χ2n) is 3.19. The molecule has 0 spiro atoms. The molecule has 0 aromatic carbocycles. The van der Waals surface area contributed by atoms with E-state index in [0.29, 0.717) is 11.5 Å². The highest BCUT2D eigenvalue weighted by Gasteiger charge is 2.07. The largest absolute Gasteiger partial charge is 0.394 e. The molecular formula is C9H15ClN4. The Hall–Kier alpha value is -1.03. The molecule has 0 aliphatic carbocycles. The van der Waals surface area contributed by atoms with Gasteiger partial charge < -0.3 is 10.6 Å². The molecule has 0 unspecified atom stereocenters. The lowest BCUT2D eigenvalue weighted by Crippen LogP contribution is -2.21. The van der Waals surface area contributed by atoms with Crippen LogP contribution in [0, 0.1) is 0 Å². The zero-order chi connectivity index (χ0) is 10.6. The van der Waals surface area contributed by atoms with E-state index in [-0.39, 0.29) is 5.28 Å². The van der Waals surface area contributed by atoms with Crippen LogP contribution in [0.25, 0.3) is 0 Å². The quantitative estimate of drug-likeness (QED) is 0.779. The lowest BCUT2D eigenvalue weighted by atomic mass is 10.3. The second kappa shape index (κ2) is 5.00. The molecule has 1 aromatic rings. The molecule has 2 N–H and O–H groups in total. The molecule has 0 bridgehead atoms. The van der Waals surface area contributed by atoms with Gasteiger partial charge in [-0.05, 0) is 18.0 Å². The average Bonchev–Trinajstić information content (AvgIpc) is 2.18. The topological polar surface area (TPSA) is 55.0 Å². The maximum absolute atomic E-state index is 5.74. The standard InChI is InChI=1S/C9H15ClN4/c1-3-4-5-14(2)8-7(11)6-12-9(10)13-8/h6H,3-5,11H2,1-2H3. The molecule has 1 aromatic heterocycles. The van der Waals surface area contributed by atoms with E-state index >= 15 is 0 Å². The number of unbranched alkanes of at least 4 members (excludes halogenated alkanes) is 1. The van der Waals surface area contributed by atoms with Crippen LogP contribution in [-0.2, 0) is 0 Å². The summed E-state index contributed by atoms with van der Waals surface area (Å²) in [5.74, 6) is 0.707. The van der Waals surface area contributed by atoms with Crippen molar-refractivity contribution in [3.8, 4) is 0 Å². The van der Waals surface area contributed by atoms with Crippen molar-refractivity contribution in [1.29, 1.82) is 0 Å². The fraction of sp³-hybridized carbons (Fsp3) is 0.556. The van der Waals surface area contributed by atoms with E-state index in [1.54, 1.807) is 0 Å². The van der Waals surface area contributed by atoms with Crippen LogP contribution in [0.5, 0.6) is 0 Å². The zero-order valence-electron chi connectivity index (χ0n) is 8.50. The molecule has 0 radical (unpaired) electrons. The summed E-state index contributed by atoms with van der Waals surface area (Å²) in [5.41, 5.74) is 6.30. The Labute approximate surface area is 89.1 Å². The van der Waals surface area contributed by atoms with Crippen molar-refractivity contribution in [3.05, 3.63) is 11.5 Å². The molecule has 0 atom stereocenters. The third kappa shape index (κ3) is 2.73. The Morgan fingerprint density at radius 3 is 2.93 bits per heavy atom. The van der Waals surface area contributed by atoms with Gasteiger partial charge in [-0.3, -0.25) is 0 Å². The number of hydrogen-bond donors (Lipinski definition) is 1. The number of nitrogens with two attached hydrogens (primary N) is 1. The number of halogens is 1. The summed E-state index contributed by atoms with van der Waals surface area (Å²) < 4.78 is 0. The van der Waals surface area contributed by atoms with Gasteiger partial charge in [-0.1, -0.05) is 13.3 Å². The summed E-state index contributed by atoms with van der Waals surface area (Å²) >= 11 is 5.69. The molecule has 0 saturated carbocycles. The van der Waals surface area contributed by atoms with Gasteiger partial charge in [0.1, 0.15) is 0 Å². The first kappa shape index (κ1) is 11.0. The van der Waals surface area contributed by atoms with Crippen LogP contribution in [0.3, 0.4) is 0 Å². The summed E-state index contributed by atoms with van der Waals surface area (Å²) in [7, 11) is 1.95. The van der Waals surface area contributed by atoms with Crippen molar-refractivity contribution in [2.45, 2.75) is 19.8 Å². The van der Waals surface area contributed by atoms with E-state index in [9.17, 15) is 0 Å². The van der Waals surface area contributed by atoms with Gasteiger partial charge in [-0.25, -0.2) is 4.98 Å². The second-order valence-corrected chi connectivity index (χ2v) is 3.53. The van der Waals surface area contributed by atoms with Gasteiger partial charge in [-0.2, -0.15) is 4.98 Å². The number of rotatable bonds is 4. The van der Waals surface area contributed by atoms with Crippen LogP contribution in [-0.4, -0.2) is 23.6 Å². The van der Waals surface area contributed by atoms with Gasteiger partial charge >= 0.3 is 0 Å². The number of aromatic nitrogens is 2. The molecule has 5 heteroatoms. The highest BCUT2D eigenvalue weighted by atomic mass is 35.5. The Morgan fingerprint density at radius 1 is 1.57 bits per heavy atom. The Kier molecular flexibility index (Phi) is 3.95. The van der Waals surface area contributed by atoms with E-state index in [2.05, 4.69) is 16.9 Å². The van der Waals surface area contributed by atoms with Crippen molar-refractivity contribution in [3.63, 3.8) is 0 Å². The molecule has 0 aliphatic heterocycles. The molecule has 0 amide bonds. The summed E-state index contributed by atoms with van der Waals surface area (Å²) in [6.07, 6.45) is 3.79. The Morgan fingerprint density at radius 2 is 2.29 bits per heavy atom. The third-order valence-electron chi connectivity index (χ3n) is 1.98. The van der Waals surface area contributed by atoms with Crippen molar-refractivity contribution >= 4 is 23.1 Å². The summed E-state index contributed by atoms with van der Waals surface area (Å²) in [6.45, 7) is 3.07. The van der Waals surface area contributed by atoms with Crippen LogP contribution in [0.1, 0.15) is 19.8 Å². The molecule has 78 valence electrons. The zero-order valence-corrected chi connectivity index (χ0v) is 9.25. The first-order chi connectivity index (χ1) is 6.65. The van der Waals surface area contributed by atoms with E-state index in [1.165, 1.54) is 6.20 Å². The van der Waals surface area contributed by atoms with Crippen molar-refractivity contribution in [2.75, 3.05) is 24.2 Å². The van der Waals surface area contributed by atoms with E-state index < -0.39 is 0 Å². The van der Waals surface area contributed by atoms with Crippen LogP contribution < -0.4 is 10.6 Å². The van der Waals surface area contributed by atoms with E-state index in [0.717, 1.165) is 19.4 Å². The number of nitrogens with zero attached hydrogens (tertiary/aromatic N) is 3. The number of anilines is 2. The summed E-state index contributed by atoms with van der Waals surface area (Å²) in [6, 6.07) is 0. The lowest BCUT2D eigenvalue weighted by molar-refractivity contribution is 0.759. The molecule has 4 nitrogen and oxygen atoms in total. The maximum atomic E-state index is 5.74. The lowest BCUT2D eigenvalue weighted by Gasteiger charge is -2.18. The van der Waals surface area contributed by atoms with E-state index in [1.807, 2.05) is 11.9 Å². The predicted octanol–water partition coefficient (Wildman–Crippen LogP) is 1.95. The fourth-order valence-electron chi connectivity index (χ4n) is 1.17. The normalized spacial score (nSPS) is 10.2. The number of hydrogen-bond acceptors (Lipinski definition) is 4. The van der Waals surface area contributed by atoms with Gasteiger partial charge in [0, 0.05) is 13.6 Å². The third-order valence-corrected chi connectivity index (χ3v) is 2.16. The van der Waals surface area contributed by atoms with Crippen LogP contribution in [0.2, 0.25) is 5.28 Å². The minimum absolute atomic E-state index is 0.234. The molecule has 14 heavy (non-hydrogen) atoms. The first-order valence-corrected chi connectivity index (χ1v) is 5.02. The minimum Gasteiger partial charge on any atom is -0.394 e. The van der Waals surface area contributed by atoms with Crippen LogP contribution in [0.15, 0.2) is 6.20 Å². The van der Waals surface area contributed by atoms with Gasteiger partial charge in [0.05, 0.1) is 11.9 Å². The highest BCUT2D eigenvalue weighted by molar-refractivity contribution is 6.28. The van der Waals surface area contributed by atoms with Crippen molar-refractivity contribution in [2.24, 2.45) is 0 Å². The smallest absolute Gasteiger partial charge is 0.224 e. The van der Waals surface area contributed by atoms with Crippen LogP contribution >= 0.6 is 11.6 Å². The molecule has 1 heterocycles. The Bertz CT molecular complexity index is 303. The first-order valence-electron chi connectivity index (χ1n) is 4.64. The van der Waals surface area contributed by atoms with Gasteiger partial charge in [-0.15, -0.1) is 0 Å². The van der Waals surface area contributed by atoms with Crippen molar-refractivity contribution in [1.82, 2.24) is 9.97 Å². The van der Waals surface area contributed by atoms with Crippen molar-refractivity contribution < 1.29 is 0 Å². The van der Waals surface area contributed by atoms with Gasteiger partial charge in [0.25, 0.3) is 0 Å². The molecule has 0 aliphatic rings. The van der Waals surface area contributed by atoms with E-state index in [4.69, 9.17) is 17.3 Å². The van der Waals surface area contributed by atoms with Crippen LogP contribution in [0.4, 0.5) is 11.5 Å². The molecule has 1 rings (SSSR count). The summed E-state index contributed by atoms with van der Waals surface area (Å²) in [4.78, 5) is 9.88. The predicted molar refractivity (Wildman–Crippen MR) is 59.6 cm³/mol. The van der Waals surface area contributed by atoms with Gasteiger partial charge in [0.2, 0.25) is 5.28 Å². The maximum Gasteiger partial charge on any atom is 0.224 e.